The van der Waals surface area contributed by atoms with Crippen molar-refractivity contribution >= 4 is 5.69 Å². The second kappa shape index (κ2) is 4.99. The molecule has 106 valence electrons. The highest BCUT2D eigenvalue weighted by Gasteiger charge is 2.34. The minimum absolute atomic E-state index is 0.115. The molecule has 0 unspecified atom stereocenters. The van der Waals surface area contributed by atoms with Crippen LogP contribution in [0.15, 0.2) is 41.2 Å². The molecule has 1 aromatic carbocycles. The van der Waals surface area contributed by atoms with Crippen LogP contribution >= 0.6 is 0 Å². The van der Waals surface area contributed by atoms with Crippen molar-refractivity contribution in [2.75, 3.05) is 5.73 Å². The predicted octanol–water partition coefficient (Wildman–Crippen LogP) is 2.64. The molecule has 1 heterocycles. The van der Waals surface area contributed by atoms with Gasteiger partial charge in [0.15, 0.2) is 0 Å². The van der Waals surface area contributed by atoms with Crippen LogP contribution in [0.25, 0.3) is 0 Å². The van der Waals surface area contributed by atoms with Gasteiger partial charge >= 0.3 is 6.18 Å². The topological polar surface area (TPSA) is 48.0 Å². The molecule has 1 aromatic heterocycles. The van der Waals surface area contributed by atoms with Gasteiger partial charge < -0.3 is 5.73 Å². The summed E-state index contributed by atoms with van der Waals surface area (Å²) in [5, 5.41) is 0. The van der Waals surface area contributed by atoms with E-state index < -0.39 is 29.8 Å². The Morgan fingerprint density at radius 1 is 1.15 bits per heavy atom. The number of halogens is 4. The predicted molar refractivity (Wildman–Crippen MR) is 65.6 cm³/mol. The van der Waals surface area contributed by atoms with E-state index in [4.69, 9.17) is 5.73 Å². The van der Waals surface area contributed by atoms with Crippen LogP contribution in [0.1, 0.15) is 11.3 Å². The molecule has 0 aliphatic carbocycles. The summed E-state index contributed by atoms with van der Waals surface area (Å²) >= 11 is 0. The number of nitrogen functional groups attached to an aromatic ring is 1. The number of hydrogen-bond acceptors (Lipinski definition) is 2. The number of nitrogens with two attached hydrogens (primary N) is 1. The lowest BCUT2D eigenvalue weighted by molar-refractivity contribution is -0.144. The SMILES string of the molecule is Nc1ccc(F)cc1Cn1c(C(F)(F)F)cccc1=O. The molecule has 0 bridgehead atoms. The number of aromatic nitrogens is 1. The smallest absolute Gasteiger partial charge is 0.398 e. The fourth-order valence-corrected chi connectivity index (χ4v) is 1.81. The van der Waals surface area contributed by atoms with Crippen LogP contribution in [0.5, 0.6) is 0 Å². The molecule has 0 saturated carbocycles. The third-order valence-electron chi connectivity index (χ3n) is 2.77. The third kappa shape index (κ3) is 2.81. The van der Waals surface area contributed by atoms with E-state index in [-0.39, 0.29) is 11.3 Å². The molecular weight excluding hydrogens is 276 g/mol. The van der Waals surface area contributed by atoms with Gasteiger partial charge in [0.2, 0.25) is 0 Å². The Balaban J connectivity index is 2.54. The number of anilines is 1. The van der Waals surface area contributed by atoms with Crippen LogP contribution in [0.3, 0.4) is 0 Å². The van der Waals surface area contributed by atoms with E-state index >= 15 is 0 Å². The van der Waals surface area contributed by atoms with Crippen LogP contribution in [0.4, 0.5) is 23.2 Å². The number of rotatable bonds is 2. The monoisotopic (exact) mass is 286 g/mol. The van der Waals surface area contributed by atoms with Crippen molar-refractivity contribution in [3.63, 3.8) is 0 Å². The maximum absolute atomic E-state index is 13.1. The van der Waals surface area contributed by atoms with Gasteiger partial charge in [-0.15, -0.1) is 0 Å². The fraction of sp³-hybridized carbons (Fsp3) is 0.154. The second-order valence-electron chi connectivity index (χ2n) is 4.18. The van der Waals surface area contributed by atoms with Crippen molar-refractivity contribution in [2.24, 2.45) is 0 Å². The molecule has 2 rings (SSSR count). The highest BCUT2D eigenvalue weighted by Crippen LogP contribution is 2.28. The zero-order valence-corrected chi connectivity index (χ0v) is 10.1. The van der Waals surface area contributed by atoms with E-state index in [0.717, 1.165) is 30.3 Å². The van der Waals surface area contributed by atoms with Gasteiger partial charge in [-0.1, -0.05) is 6.07 Å². The maximum atomic E-state index is 13.1. The Morgan fingerprint density at radius 3 is 2.50 bits per heavy atom. The van der Waals surface area contributed by atoms with Gasteiger partial charge in [0, 0.05) is 11.8 Å². The van der Waals surface area contributed by atoms with Crippen molar-refractivity contribution in [3.05, 3.63) is 63.8 Å². The van der Waals surface area contributed by atoms with E-state index in [0.29, 0.717) is 4.57 Å². The first-order chi connectivity index (χ1) is 9.29. The standard InChI is InChI=1S/C13H10F4N2O/c14-9-4-5-10(18)8(6-9)7-19-11(13(15,16)17)2-1-3-12(19)20/h1-6H,7,18H2. The summed E-state index contributed by atoms with van der Waals surface area (Å²) in [5.74, 6) is -0.633. The normalized spacial score (nSPS) is 11.6. The van der Waals surface area contributed by atoms with Crippen LogP contribution in [-0.4, -0.2) is 4.57 Å². The van der Waals surface area contributed by atoms with Gasteiger partial charge in [0.25, 0.3) is 5.56 Å². The molecule has 0 aliphatic rings. The average Bonchev–Trinajstić information content (AvgIpc) is 2.35. The number of hydrogen-bond donors (Lipinski definition) is 1. The Bertz CT molecular complexity index is 692. The first-order valence-electron chi connectivity index (χ1n) is 5.60. The summed E-state index contributed by atoms with van der Waals surface area (Å²) in [7, 11) is 0. The van der Waals surface area contributed by atoms with Gasteiger partial charge in [0.05, 0.1) is 6.54 Å². The lowest BCUT2D eigenvalue weighted by Gasteiger charge is -2.15. The summed E-state index contributed by atoms with van der Waals surface area (Å²) in [6.07, 6.45) is -4.68. The molecule has 0 saturated heterocycles. The minimum atomic E-state index is -4.68. The molecule has 0 fully saturated rings. The minimum Gasteiger partial charge on any atom is -0.398 e. The summed E-state index contributed by atoms with van der Waals surface area (Å²) in [5.41, 5.74) is 3.89. The lowest BCUT2D eigenvalue weighted by Crippen LogP contribution is -2.27. The highest BCUT2D eigenvalue weighted by atomic mass is 19.4. The summed E-state index contributed by atoms with van der Waals surface area (Å²) in [4.78, 5) is 11.6. The fourth-order valence-electron chi connectivity index (χ4n) is 1.81. The van der Waals surface area contributed by atoms with Gasteiger partial charge in [0.1, 0.15) is 11.5 Å². The Kier molecular flexibility index (Phi) is 3.52. The van der Waals surface area contributed by atoms with Crippen molar-refractivity contribution in [2.45, 2.75) is 12.7 Å². The molecular formula is C13H10F4N2O. The lowest BCUT2D eigenvalue weighted by atomic mass is 10.1. The first-order valence-corrected chi connectivity index (χ1v) is 5.60. The third-order valence-corrected chi connectivity index (χ3v) is 2.77. The van der Waals surface area contributed by atoms with Crippen LogP contribution in [0, 0.1) is 5.82 Å². The number of alkyl halides is 3. The van der Waals surface area contributed by atoms with Crippen molar-refractivity contribution in [1.29, 1.82) is 0 Å². The average molecular weight is 286 g/mol. The Labute approximate surface area is 111 Å². The Hall–Kier alpha value is -2.31. The molecule has 0 atom stereocenters. The van der Waals surface area contributed by atoms with Gasteiger partial charge in [-0.3, -0.25) is 9.36 Å². The van der Waals surface area contributed by atoms with Crippen LogP contribution in [-0.2, 0) is 12.7 Å². The zero-order chi connectivity index (χ0) is 14.9. The molecule has 2 N–H and O–H groups in total. The number of pyridine rings is 1. The molecule has 3 nitrogen and oxygen atoms in total. The van der Waals surface area contributed by atoms with Crippen molar-refractivity contribution in [1.82, 2.24) is 4.57 Å². The first kappa shape index (κ1) is 14.1. The van der Waals surface area contributed by atoms with E-state index in [1.54, 1.807) is 0 Å². The van der Waals surface area contributed by atoms with Gasteiger partial charge in [-0.25, -0.2) is 4.39 Å². The molecule has 0 aliphatic heterocycles. The highest BCUT2D eigenvalue weighted by molar-refractivity contribution is 5.47. The second-order valence-corrected chi connectivity index (χ2v) is 4.18. The molecule has 0 spiro atoms. The number of benzene rings is 1. The van der Waals surface area contributed by atoms with Crippen LogP contribution in [0.2, 0.25) is 0 Å². The van der Waals surface area contributed by atoms with Crippen LogP contribution < -0.4 is 11.3 Å². The molecule has 2 aromatic rings. The van der Waals surface area contributed by atoms with E-state index in [9.17, 15) is 22.4 Å². The Morgan fingerprint density at radius 2 is 1.85 bits per heavy atom. The van der Waals surface area contributed by atoms with E-state index in [2.05, 4.69) is 0 Å². The molecule has 0 amide bonds. The van der Waals surface area contributed by atoms with Gasteiger partial charge in [-0.05, 0) is 29.8 Å². The van der Waals surface area contributed by atoms with Crippen molar-refractivity contribution < 1.29 is 17.6 Å². The quantitative estimate of drug-likeness (QED) is 0.681. The molecule has 20 heavy (non-hydrogen) atoms. The maximum Gasteiger partial charge on any atom is 0.431 e. The van der Waals surface area contributed by atoms with E-state index in [1.165, 1.54) is 6.07 Å². The molecule has 0 radical (unpaired) electrons. The van der Waals surface area contributed by atoms with E-state index in [1.807, 2.05) is 0 Å². The zero-order valence-electron chi connectivity index (χ0n) is 10.1. The summed E-state index contributed by atoms with van der Waals surface area (Å²) < 4.78 is 52.2. The summed E-state index contributed by atoms with van der Waals surface area (Å²) in [6.45, 7) is -0.446. The van der Waals surface area contributed by atoms with Gasteiger partial charge in [-0.2, -0.15) is 13.2 Å². The number of nitrogens with zero attached hydrogens (tertiary/aromatic N) is 1. The molecule has 7 heteroatoms. The van der Waals surface area contributed by atoms with Crippen molar-refractivity contribution in [3.8, 4) is 0 Å². The summed E-state index contributed by atoms with van der Waals surface area (Å²) in [6, 6.07) is 6.16. The largest absolute Gasteiger partial charge is 0.431 e.